The van der Waals surface area contributed by atoms with E-state index < -0.39 is 23.2 Å². The Morgan fingerprint density at radius 1 is 1.12 bits per heavy atom. The molecule has 1 amide bonds. The second kappa shape index (κ2) is 7.20. The third kappa shape index (κ3) is 4.15. The summed E-state index contributed by atoms with van der Waals surface area (Å²) >= 11 is 5.90. The molecule has 0 aromatic heterocycles. The van der Waals surface area contributed by atoms with Crippen molar-refractivity contribution in [2.45, 2.75) is 6.18 Å². The van der Waals surface area contributed by atoms with Crippen LogP contribution in [0.2, 0.25) is 5.02 Å². The summed E-state index contributed by atoms with van der Waals surface area (Å²) in [4.78, 5) is 12.1. The molecule has 0 bridgehead atoms. The molecule has 2 aromatic rings. The minimum absolute atomic E-state index is 0.249. The zero-order chi connectivity index (χ0) is 17.7. The van der Waals surface area contributed by atoms with Crippen molar-refractivity contribution in [1.82, 2.24) is 0 Å². The molecule has 0 saturated heterocycles. The molecule has 3 nitrogen and oxygen atoms in total. The summed E-state index contributed by atoms with van der Waals surface area (Å²) in [5.74, 6) is -0.845. The van der Waals surface area contributed by atoms with Crippen LogP contribution in [-0.2, 0) is 11.0 Å². The number of hydrogen-bond donors (Lipinski definition) is 1. The van der Waals surface area contributed by atoms with E-state index in [-0.39, 0.29) is 16.3 Å². The third-order valence-corrected chi connectivity index (χ3v) is 3.38. The zero-order valence-corrected chi connectivity index (χ0v) is 12.8. The van der Waals surface area contributed by atoms with Crippen molar-refractivity contribution < 1.29 is 18.0 Å². The predicted molar refractivity (Wildman–Crippen MR) is 85.1 cm³/mol. The van der Waals surface area contributed by atoms with Crippen LogP contribution in [0, 0.1) is 11.3 Å². The zero-order valence-electron chi connectivity index (χ0n) is 12.1. The summed E-state index contributed by atoms with van der Waals surface area (Å²) in [7, 11) is 0. The van der Waals surface area contributed by atoms with Crippen LogP contribution in [0.1, 0.15) is 11.1 Å². The molecule has 0 aliphatic rings. The molecule has 2 rings (SSSR count). The monoisotopic (exact) mass is 350 g/mol. The number of rotatable bonds is 3. The Balaban J connectivity index is 2.36. The fourth-order valence-corrected chi connectivity index (χ4v) is 2.12. The molecule has 0 radical (unpaired) electrons. The van der Waals surface area contributed by atoms with Crippen LogP contribution in [0.25, 0.3) is 6.08 Å². The smallest absolute Gasteiger partial charge is 0.320 e. The van der Waals surface area contributed by atoms with Gasteiger partial charge >= 0.3 is 6.18 Å². The highest BCUT2D eigenvalue weighted by molar-refractivity contribution is 6.34. The number of para-hydroxylation sites is 1. The topological polar surface area (TPSA) is 52.9 Å². The summed E-state index contributed by atoms with van der Waals surface area (Å²) in [5.41, 5.74) is -1.40. The first-order valence-corrected chi connectivity index (χ1v) is 7.04. The number of nitrogens with zero attached hydrogens (tertiary/aromatic N) is 1. The number of carbonyl (C=O) groups excluding carboxylic acids is 1. The number of halogens is 4. The molecule has 0 unspecified atom stereocenters. The van der Waals surface area contributed by atoms with E-state index in [0.29, 0.717) is 0 Å². The maximum atomic E-state index is 13.0. The average Bonchev–Trinajstić information content (AvgIpc) is 2.54. The van der Waals surface area contributed by atoms with Gasteiger partial charge in [-0.25, -0.2) is 0 Å². The van der Waals surface area contributed by atoms with Gasteiger partial charge in [0.05, 0.1) is 16.3 Å². The fraction of sp³-hybridized carbons (Fsp3) is 0.0588. The lowest BCUT2D eigenvalue weighted by Crippen LogP contribution is -2.14. The van der Waals surface area contributed by atoms with E-state index in [1.807, 2.05) is 0 Å². The van der Waals surface area contributed by atoms with E-state index in [0.717, 1.165) is 12.1 Å². The van der Waals surface area contributed by atoms with Crippen LogP contribution < -0.4 is 5.32 Å². The number of nitrogens with one attached hydrogen (secondary N) is 1. The molecule has 122 valence electrons. The molecule has 0 aliphatic heterocycles. The van der Waals surface area contributed by atoms with E-state index in [2.05, 4.69) is 5.32 Å². The van der Waals surface area contributed by atoms with Crippen molar-refractivity contribution in [2.75, 3.05) is 5.32 Å². The molecule has 0 heterocycles. The van der Waals surface area contributed by atoms with Crippen molar-refractivity contribution in [3.8, 4) is 6.07 Å². The number of carbonyl (C=O) groups is 1. The van der Waals surface area contributed by atoms with Crippen molar-refractivity contribution in [3.05, 3.63) is 70.3 Å². The lowest BCUT2D eigenvalue weighted by Gasteiger charge is -2.10. The van der Waals surface area contributed by atoms with E-state index in [1.54, 1.807) is 18.2 Å². The summed E-state index contributed by atoms with van der Waals surface area (Å²) in [6, 6.07) is 12.6. The quantitative estimate of drug-likeness (QED) is 0.632. The standard InChI is InChI=1S/C17H10ClF3N2O/c18-14-7-3-4-8-15(14)23-16(24)12(10-22)9-11-5-1-2-6-13(11)17(19,20)21/h1-9H,(H,23,24)/b12-9+. The SMILES string of the molecule is N#C/C(=C\c1ccccc1C(F)(F)F)C(=O)Nc1ccccc1Cl. The molecule has 0 aliphatic carbocycles. The van der Waals surface area contributed by atoms with Gasteiger partial charge in [0.15, 0.2) is 0 Å². The Hall–Kier alpha value is -2.78. The van der Waals surface area contributed by atoms with Crippen molar-refractivity contribution in [2.24, 2.45) is 0 Å². The molecule has 0 spiro atoms. The Bertz CT molecular complexity index is 838. The highest BCUT2D eigenvalue weighted by atomic mass is 35.5. The average molecular weight is 351 g/mol. The lowest BCUT2D eigenvalue weighted by atomic mass is 10.0. The fourth-order valence-electron chi connectivity index (χ4n) is 1.94. The van der Waals surface area contributed by atoms with Gasteiger partial charge in [0, 0.05) is 0 Å². The first-order valence-electron chi connectivity index (χ1n) is 6.67. The highest BCUT2D eigenvalue weighted by Gasteiger charge is 2.32. The van der Waals surface area contributed by atoms with Crippen LogP contribution in [0.15, 0.2) is 54.1 Å². The molecular formula is C17H10ClF3N2O. The third-order valence-electron chi connectivity index (χ3n) is 3.05. The number of alkyl halides is 3. The van der Waals surface area contributed by atoms with E-state index in [4.69, 9.17) is 16.9 Å². The van der Waals surface area contributed by atoms with Crippen molar-refractivity contribution >= 4 is 29.3 Å². The predicted octanol–water partition coefficient (Wildman–Crippen LogP) is 4.90. The summed E-state index contributed by atoms with van der Waals surface area (Å²) in [5, 5.41) is 11.8. The number of benzene rings is 2. The molecule has 0 saturated carbocycles. The summed E-state index contributed by atoms with van der Waals surface area (Å²) < 4.78 is 38.9. The maximum absolute atomic E-state index is 13.0. The molecule has 0 fully saturated rings. The van der Waals surface area contributed by atoms with Gasteiger partial charge in [-0.2, -0.15) is 18.4 Å². The van der Waals surface area contributed by atoms with Gasteiger partial charge in [0.1, 0.15) is 11.6 Å². The first-order chi connectivity index (χ1) is 11.3. The molecule has 0 atom stereocenters. The van der Waals surface area contributed by atoms with Crippen molar-refractivity contribution in [3.63, 3.8) is 0 Å². The van der Waals surface area contributed by atoms with Crippen LogP contribution in [0.3, 0.4) is 0 Å². The van der Waals surface area contributed by atoms with Crippen LogP contribution >= 0.6 is 11.6 Å². The number of nitriles is 1. The van der Waals surface area contributed by atoms with Crippen molar-refractivity contribution in [1.29, 1.82) is 5.26 Å². The van der Waals surface area contributed by atoms with Gasteiger partial charge in [-0.1, -0.05) is 41.9 Å². The van der Waals surface area contributed by atoms with Gasteiger partial charge in [-0.3, -0.25) is 4.79 Å². The van der Waals surface area contributed by atoms with E-state index in [1.165, 1.54) is 30.3 Å². The van der Waals surface area contributed by atoms with Gasteiger partial charge in [-0.15, -0.1) is 0 Å². The van der Waals surface area contributed by atoms with E-state index >= 15 is 0 Å². The second-order valence-corrected chi connectivity index (χ2v) is 5.10. The maximum Gasteiger partial charge on any atom is 0.416 e. The van der Waals surface area contributed by atoms with Crippen LogP contribution in [-0.4, -0.2) is 5.91 Å². The Kier molecular flexibility index (Phi) is 5.27. The first kappa shape index (κ1) is 17.6. The number of anilines is 1. The van der Waals surface area contributed by atoms with Gasteiger partial charge in [-0.05, 0) is 29.8 Å². The van der Waals surface area contributed by atoms with Gasteiger partial charge in [0.2, 0.25) is 0 Å². The minimum Gasteiger partial charge on any atom is -0.320 e. The largest absolute Gasteiger partial charge is 0.416 e. The van der Waals surface area contributed by atoms with E-state index in [9.17, 15) is 18.0 Å². The Morgan fingerprint density at radius 3 is 2.38 bits per heavy atom. The number of hydrogen-bond acceptors (Lipinski definition) is 2. The highest BCUT2D eigenvalue weighted by Crippen LogP contribution is 2.33. The molecule has 1 N–H and O–H groups in total. The molecular weight excluding hydrogens is 341 g/mol. The van der Waals surface area contributed by atoms with Gasteiger partial charge < -0.3 is 5.32 Å². The normalized spacial score (nSPS) is 11.7. The lowest BCUT2D eigenvalue weighted by molar-refractivity contribution is -0.137. The second-order valence-electron chi connectivity index (χ2n) is 4.69. The summed E-state index contributed by atoms with van der Waals surface area (Å²) in [6.07, 6.45) is -3.69. The molecule has 2 aromatic carbocycles. The molecule has 7 heteroatoms. The number of amides is 1. The Labute approximate surface area is 141 Å². The minimum atomic E-state index is -4.59. The van der Waals surface area contributed by atoms with Gasteiger partial charge in [0.25, 0.3) is 5.91 Å². The molecule has 24 heavy (non-hydrogen) atoms. The summed E-state index contributed by atoms with van der Waals surface area (Å²) in [6.45, 7) is 0. The van der Waals surface area contributed by atoms with Crippen LogP contribution in [0.5, 0.6) is 0 Å². The van der Waals surface area contributed by atoms with Crippen LogP contribution in [0.4, 0.5) is 18.9 Å². The Morgan fingerprint density at radius 2 is 1.75 bits per heavy atom.